The van der Waals surface area contributed by atoms with Crippen molar-refractivity contribution in [2.45, 2.75) is 38.8 Å². The molecule has 0 N–H and O–H groups in total. The zero-order chi connectivity index (χ0) is 28.6. The van der Waals surface area contributed by atoms with Gasteiger partial charge in [-0.25, -0.2) is 5.01 Å². The molecule has 1 saturated carbocycles. The number of rotatable bonds is 7. The lowest BCUT2D eigenvalue weighted by Gasteiger charge is -2.29. The second-order valence-corrected chi connectivity index (χ2v) is 9.42. The summed E-state index contributed by atoms with van der Waals surface area (Å²) in [4.78, 5) is 46.1. The van der Waals surface area contributed by atoms with E-state index in [-0.39, 0.29) is 23.0 Å². The number of hydrogen-bond acceptors (Lipinski definition) is 9. The Morgan fingerprint density at radius 3 is 2.17 bits per heavy atom. The van der Waals surface area contributed by atoms with Gasteiger partial charge in [-0.3, -0.25) is 39.8 Å². The zero-order valence-corrected chi connectivity index (χ0v) is 21.2. The normalized spacial score (nSPS) is 19.3. The van der Waals surface area contributed by atoms with Crippen molar-refractivity contribution in [3.05, 3.63) is 107 Å². The Kier molecular flexibility index (Phi) is 6.90. The van der Waals surface area contributed by atoms with Crippen LogP contribution in [0.25, 0.3) is 6.08 Å². The van der Waals surface area contributed by atoms with Crippen LogP contribution in [0.15, 0.2) is 65.4 Å². The largest absolute Gasteiger partial charge is 0.320 e. The number of nitro groups is 3. The highest BCUT2D eigenvalue weighted by Gasteiger charge is 2.46. The fourth-order valence-electron chi connectivity index (χ4n) is 5.16. The minimum atomic E-state index is -0.751. The molecule has 1 amide bonds. The van der Waals surface area contributed by atoms with Gasteiger partial charge in [0.05, 0.1) is 26.5 Å². The lowest BCUT2D eigenvalue weighted by atomic mass is 9.77. The van der Waals surface area contributed by atoms with Crippen molar-refractivity contribution >= 4 is 34.8 Å². The van der Waals surface area contributed by atoms with Gasteiger partial charge in [0.2, 0.25) is 5.69 Å². The molecule has 0 unspecified atom stereocenters. The maximum atomic E-state index is 13.8. The van der Waals surface area contributed by atoms with Crippen LogP contribution in [0.2, 0.25) is 0 Å². The Balaban J connectivity index is 1.59. The van der Waals surface area contributed by atoms with E-state index in [4.69, 9.17) is 0 Å². The van der Waals surface area contributed by atoms with E-state index in [0.29, 0.717) is 30.7 Å². The molecule has 5 rings (SSSR count). The van der Waals surface area contributed by atoms with E-state index in [1.165, 1.54) is 40.2 Å². The van der Waals surface area contributed by atoms with Gasteiger partial charge in [-0.2, -0.15) is 10.2 Å². The monoisotopic (exact) mass is 545 g/mol. The van der Waals surface area contributed by atoms with Crippen LogP contribution in [0.5, 0.6) is 0 Å². The number of amides is 1. The van der Waals surface area contributed by atoms with Gasteiger partial charge in [0.25, 0.3) is 11.4 Å². The first-order valence-corrected chi connectivity index (χ1v) is 12.5. The minimum Gasteiger partial charge on any atom is -0.265 e. The average molecular weight is 546 g/mol. The highest BCUT2D eigenvalue weighted by atomic mass is 16.6. The van der Waals surface area contributed by atoms with Gasteiger partial charge in [0, 0.05) is 36.7 Å². The van der Waals surface area contributed by atoms with E-state index < -0.39 is 32.4 Å². The number of nitrogens with zero attached hydrogens (tertiary/aromatic N) is 7. The number of hydrogen-bond donors (Lipinski definition) is 0. The third-order valence-electron chi connectivity index (χ3n) is 7.07. The molecular weight excluding hydrogens is 522 g/mol. The summed E-state index contributed by atoms with van der Waals surface area (Å²) in [6, 6.07) is 11.2. The molecule has 14 heteroatoms. The molecule has 2 heterocycles. The molecule has 0 bridgehead atoms. The maximum absolute atomic E-state index is 13.8. The molecule has 0 saturated heterocycles. The number of aromatic nitrogens is 2. The fraction of sp³-hybridized carbons (Fsp3) is 0.269. The number of carbonyl (C=O) groups excluding carboxylic acids is 1. The molecule has 1 aliphatic heterocycles. The number of hydrazone groups is 1. The Hall–Kier alpha value is -5.27. The van der Waals surface area contributed by atoms with Gasteiger partial charge in [-0.15, -0.1) is 0 Å². The summed E-state index contributed by atoms with van der Waals surface area (Å²) >= 11 is 0. The number of carbonyl (C=O) groups is 1. The molecule has 0 spiro atoms. The van der Waals surface area contributed by atoms with Gasteiger partial charge in [0.15, 0.2) is 0 Å². The summed E-state index contributed by atoms with van der Waals surface area (Å²) in [5.41, 5.74) is 1.84. The molecule has 40 heavy (non-hydrogen) atoms. The smallest absolute Gasteiger partial charge is 0.265 e. The van der Waals surface area contributed by atoms with Crippen LogP contribution in [0.4, 0.5) is 17.1 Å². The van der Waals surface area contributed by atoms with Crippen molar-refractivity contribution in [2.75, 3.05) is 0 Å². The Bertz CT molecular complexity index is 1580. The first-order chi connectivity index (χ1) is 19.2. The van der Waals surface area contributed by atoms with Crippen molar-refractivity contribution in [3.63, 3.8) is 0 Å². The molecule has 0 radical (unpaired) electrons. The first-order valence-electron chi connectivity index (χ1n) is 12.5. The quantitative estimate of drug-likeness (QED) is 0.291. The van der Waals surface area contributed by atoms with Gasteiger partial charge >= 0.3 is 11.6 Å². The number of aryl methyl sites for hydroxylation is 1. The molecule has 2 aliphatic rings. The van der Waals surface area contributed by atoms with Crippen molar-refractivity contribution in [1.82, 2.24) is 14.8 Å². The summed E-state index contributed by atoms with van der Waals surface area (Å²) in [6.07, 6.45) is 5.13. The van der Waals surface area contributed by atoms with Gasteiger partial charge in [-0.1, -0.05) is 12.1 Å². The van der Waals surface area contributed by atoms with Crippen LogP contribution in [0, 0.1) is 36.3 Å². The van der Waals surface area contributed by atoms with E-state index in [0.717, 1.165) is 17.6 Å². The Labute approximate surface area is 226 Å². The molecule has 204 valence electrons. The van der Waals surface area contributed by atoms with Gasteiger partial charge in [0.1, 0.15) is 6.20 Å². The highest BCUT2D eigenvalue weighted by molar-refractivity contribution is 6.09. The van der Waals surface area contributed by atoms with Gasteiger partial charge < -0.3 is 0 Å². The predicted octanol–water partition coefficient (Wildman–Crippen LogP) is 5.06. The molecule has 1 aliphatic carbocycles. The summed E-state index contributed by atoms with van der Waals surface area (Å²) in [6.45, 7) is 2.06. The molecular formula is C26H23N7O7. The number of non-ortho nitro benzene ring substituents is 2. The summed E-state index contributed by atoms with van der Waals surface area (Å²) in [5.74, 6) is -1.03. The highest BCUT2D eigenvalue weighted by Crippen LogP contribution is 2.45. The molecule has 1 fully saturated rings. The summed E-state index contributed by atoms with van der Waals surface area (Å²) in [7, 11) is 0. The van der Waals surface area contributed by atoms with Crippen LogP contribution >= 0.6 is 0 Å². The minimum absolute atomic E-state index is 0.0370. The second kappa shape index (κ2) is 10.5. The molecule has 1 aromatic heterocycles. The topological polar surface area (TPSA) is 180 Å². The number of fused-ring (bicyclic) bond motifs is 1. The van der Waals surface area contributed by atoms with E-state index in [1.54, 1.807) is 31.2 Å². The van der Waals surface area contributed by atoms with Crippen molar-refractivity contribution in [2.24, 2.45) is 11.0 Å². The number of allylic oxidation sites excluding steroid dienone is 1. The summed E-state index contributed by atoms with van der Waals surface area (Å²) < 4.78 is 1.31. The third kappa shape index (κ3) is 4.81. The Morgan fingerprint density at radius 1 is 0.975 bits per heavy atom. The summed E-state index contributed by atoms with van der Waals surface area (Å²) in [5, 5.41) is 44.0. The molecule has 3 aromatic rings. The van der Waals surface area contributed by atoms with Crippen molar-refractivity contribution in [3.8, 4) is 0 Å². The van der Waals surface area contributed by atoms with Crippen LogP contribution in [0.1, 0.15) is 53.8 Å². The third-order valence-corrected chi connectivity index (χ3v) is 7.07. The average Bonchev–Trinajstić information content (AvgIpc) is 3.56. The van der Waals surface area contributed by atoms with Gasteiger partial charge in [-0.05, 0) is 61.1 Å². The van der Waals surface area contributed by atoms with Crippen molar-refractivity contribution in [1.29, 1.82) is 0 Å². The predicted molar refractivity (Wildman–Crippen MR) is 142 cm³/mol. The van der Waals surface area contributed by atoms with E-state index in [1.807, 2.05) is 6.08 Å². The standard InChI is InChI=1S/C26H23N7O7/c1-2-29-15-22(33(39)40)24(27-29)26(34)30-25(17-8-12-20(13-9-17)32(37)38)21-5-3-4-18(23(21)28-30)14-16-6-10-19(11-7-16)31(35)36/h6-15,21,25H,2-5H2,1H3/b18-14-/t21-,25-/m0/s1. The lowest BCUT2D eigenvalue weighted by Crippen LogP contribution is -2.32. The van der Waals surface area contributed by atoms with E-state index in [2.05, 4.69) is 10.2 Å². The number of nitro benzene ring substituents is 2. The SMILES string of the molecule is CCn1cc([N+](=O)[O-])c(C(=O)N2N=C3/C(=C\c4ccc([N+](=O)[O-])cc4)CCC[C@@H]3[C@@H]2c2ccc([N+](=O)[O-])cc2)n1. The van der Waals surface area contributed by atoms with Crippen LogP contribution in [-0.4, -0.2) is 41.2 Å². The molecule has 14 nitrogen and oxygen atoms in total. The zero-order valence-electron chi connectivity index (χ0n) is 21.2. The fourth-order valence-corrected chi connectivity index (χ4v) is 5.16. The van der Waals surface area contributed by atoms with Crippen LogP contribution in [-0.2, 0) is 6.54 Å². The molecule has 2 aromatic carbocycles. The van der Waals surface area contributed by atoms with Crippen molar-refractivity contribution < 1.29 is 19.6 Å². The van der Waals surface area contributed by atoms with E-state index in [9.17, 15) is 35.1 Å². The second-order valence-electron chi connectivity index (χ2n) is 9.42. The van der Waals surface area contributed by atoms with E-state index >= 15 is 0 Å². The maximum Gasteiger partial charge on any atom is 0.320 e. The first kappa shape index (κ1) is 26.3. The lowest BCUT2D eigenvalue weighted by molar-refractivity contribution is -0.385. The van der Waals surface area contributed by atoms with Crippen LogP contribution in [0.3, 0.4) is 0 Å². The van der Waals surface area contributed by atoms with Crippen LogP contribution < -0.4 is 0 Å². The Morgan fingerprint density at radius 2 is 1.60 bits per heavy atom. The molecule has 2 atom stereocenters. The number of benzene rings is 2.